The van der Waals surface area contributed by atoms with Gasteiger partial charge >= 0.3 is 6.03 Å². The fraction of sp³-hybridized carbons (Fsp3) is 0.391. The maximum absolute atomic E-state index is 13.3. The molecule has 6 nitrogen and oxygen atoms in total. The number of benzene rings is 2. The number of aryl methyl sites for hydroxylation is 1. The van der Waals surface area contributed by atoms with Gasteiger partial charge in [0.05, 0.1) is 31.4 Å². The molecule has 0 unspecified atom stereocenters. The number of urea groups is 1. The molecule has 0 aromatic heterocycles. The Morgan fingerprint density at radius 2 is 1.72 bits per heavy atom. The highest BCUT2D eigenvalue weighted by Crippen LogP contribution is 2.42. The van der Waals surface area contributed by atoms with Crippen LogP contribution in [0.4, 0.5) is 10.5 Å². The summed E-state index contributed by atoms with van der Waals surface area (Å²) in [4.78, 5) is 29.5. The Labute approximate surface area is 171 Å². The van der Waals surface area contributed by atoms with Crippen molar-refractivity contribution >= 4 is 17.6 Å². The predicted molar refractivity (Wildman–Crippen MR) is 111 cm³/mol. The molecule has 1 saturated heterocycles. The van der Waals surface area contributed by atoms with E-state index < -0.39 is 0 Å². The van der Waals surface area contributed by atoms with Gasteiger partial charge in [0.15, 0.2) is 11.5 Å². The van der Waals surface area contributed by atoms with Crippen LogP contribution in [-0.2, 0) is 11.2 Å². The summed E-state index contributed by atoms with van der Waals surface area (Å²) in [5.74, 6) is 1.21. The highest BCUT2D eigenvalue weighted by molar-refractivity contribution is 6.16. The molecule has 2 aromatic rings. The van der Waals surface area contributed by atoms with Gasteiger partial charge in [-0.3, -0.25) is 4.79 Å². The fourth-order valence-corrected chi connectivity index (χ4v) is 4.24. The van der Waals surface area contributed by atoms with Crippen molar-refractivity contribution in [3.63, 3.8) is 0 Å². The van der Waals surface area contributed by atoms with Gasteiger partial charge in [0.2, 0.25) is 5.91 Å². The number of hydrogen-bond donors (Lipinski definition) is 0. The van der Waals surface area contributed by atoms with Gasteiger partial charge in [-0.2, -0.15) is 0 Å². The third kappa shape index (κ3) is 3.33. The van der Waals surface area contributed by atoms with Crippen molar-refractivity contribution in [3.8, 4) is 11.5 Å². The normalized spacial score (nSPS) is 18.4. The smallest absolute Gasteiger partial charge is 0.331 e. The molecule has 1 fully saturated rings. The molecule has 1 atom stereocenters. The van der Waals surface area contributed by atoms with Crippen molar-refractivity contribution in [2.24, 2.45) is 0 Å². The van der Waals surface area contributed by atoms with E-state index in [1.54, 1.807) is 0 Å². The van der Waals surface area contributed by atoms with Crippen molar-refractivity contribution in [3.05, 3.63) is 53.1 Å². The summed E-state index contributed by atoms with van der Waals surface area (Å²) in [7, 11) is 0. The minimum absolute atomic E-state index is 0.176. The van der Waals surface area contributed by atoms with E-state index in [0.717, 1.165) is 28.9 Å². The average molecular weight is 394 g/mol. The molecule has 0 spiro atoms. The molecule has 0 radical (unpaired) electrons. The van der Waals surface area contributed by atoms with E-state index in [9.17, 15) is 9.59 Å². The van der Waals surface area contributed by atoms with Crippen molar-refractivity contribution in [1.29, 1.82) is 0 Å². The zero-order chi connectivity index (χ0) is 20.5. The number of imide groups is 1. The molecule has 152 valence electrons. The molecule has 0 bridgehead atoms. The molecule has 2 heterocycles. The van der Waals surface area contributed by atoms with Crippen LogP contribution in [0.3, 0.4) is 0 Å². The van der Waals surface area contributed by atoms with Crippen LogP contribution in [0, 0.1) is 6.92 Å². The van der Waals surface area contributed by atoms with Crippen molar-refractivity contribution in [2.75, 3.05) is 24.7 Å². The minimum atomic E-state index is -0.270. The van der Waals surface area contributed by atoms with Crippen LogP contribution in [0.25, 0.3) is 0 Å². The number of anilines is 1. The van der Waals surface area contributed by atoms with E-state index in [2.05, 4.69) is 0 Å². The first-order chi connectivity index (χ1) is 14.0. The number of rotatable bonds is 5. The van der Waals surface area contributed by atoms with E-state index in [1.165, 1.54) is 4.90 Å². The lowest BCUT2D eigenvalue weighted by molar-refractivity contribution is -0.120. The summed E-state index contributed by atoms with van der Waals surface area (Å²) in [5, 5.41) is 0. The van der Waals surface area contributed by atoms with Crippen LogP contribution in [-0.4, -0.2) is 36.6 Å². The predicted octanol–water partition coefficient (Wildman–Crippen LogP) is 4.25. The molecular weight excluding hydrogens is 368 g/mol. The number of nitrogens with zero attached hydrogens (tertiary/aromatic N) is 2. The van der Waals surface area contributed by atoms with Gasteiger partial charge in [-0.25, -0.2) is 9.69 Å². The molecule has 3 amide bonds. The molecule has 4 rings (SSSR count). The van der Waals surface area contributed by atoms with E-state index in [4.69, 9.17) is 9.47 Å². The summed E-state index contributed by atoms with van der Waals surface area (Å²) in [6.07, 6.45) is 0.979. The van der Waals surface area contributed by atoms with Crippen LogP contribution in [0.1, 0.15) is 43.0 Å². The Hall–Kier alpha value is -3.02. The molecule has 29 heavy (non-hydrogen) atoms. The van der Waals surface area contributed by atoms with Crippen LogP contribution in [0.15, 0.2) is 36.4 Å². The zero-order valence-electron chi connectivity index (χ0n) is 17.1. The number of fused-ring (bicyclic) bond motifs is 3. The largest absolute Gasteiger partial charge is 0.490 e. The molecule has 2 aliphatic heterocycles. The third-order valence-electron chi connectivity index (χ3n) is 5.57. The van der Waals surface area contributed by atoms with Gasteiger partial charge in [0.25, 0.3) is 0 Å². The number of carbonyl (C=O) groups is 2. The summed E-state index contributed by atoms with van der Waals surface area (Å²) in [5.41, 5.74) is 3.66. The maximum Gasteiger partial charge on any atom is 0.331 e. The van der Waals surface area contributed by atoms with Gasteiger partial charge in [-0.15, -0.1) is 0 Å². The number of amides is 3. The number of hydrogen-bond acceptors (Lipinski definition) is 4. The average Bonchev–Trinajstić information content (AvgIpc) is 2.70. The molecular formula is C23H26N2O4. The summed E-state index contributed by atoms with van der Waals surface area (Å²) < 4.78 is 11.5. The zero-order valence-corrected chi connectivity index (χ0v) is 17.1. The first-order valence-corrected chi connectivity index (χ1v) is 10.2. The van der Waals surface area contributed by atoms with Crippen LogP contribution in [0.2, 0.25) is 0 Å². The summed E-state index contributed by atoms with van der Waals surface area (Å²) in [6, 6.07) is 10.9. The monoisotopic (exact) mass is 394 g/mol. The third-order valence-corrected chi connectivity index (χ3v) is 5.57. The minimum Gasteiger partial charge on any atom is -0.490 e. The van der Waals surface area contributed by atoms with Gasteiger partial charge in [0.1, 0.15) is 0 Å². The Morgan fingerprint density at radius 3 is 2.41 bits per heavy atom. The van der Waals surface area contributed by atoms with E-state index in [0.29, 0.717) is 31.2 Å². The molecule has 0 aliphatic carbocycles. The summed E-state index contributed by atoms with van der Waals surface area (Å²) >= 11 is 0. The second-order valence-corrected chi connectivity index (χ2v) is 7.33. The first kappa shape index (κ1) is 19.3. The van der Waals surface area contributed by atoms with Crippen LogP contribution in [0.5, 0.6) is 11.5 Å². The maximum atomic E-state index is 13.3. The molecule has 2 aliphatic rings. The topological polar surface area (TPSA) is 59.1 Å². The second kappa shape index (κ2) is 7.78. The molecule has 6 heteroatoms. The Bertz CT molecular complexity index is 956. The quantitative estimate of drug-likeness (QED) is 0.761. The van der Waals surface area contributed by atoms with E-state index in [1.807, 2.05) is 62.1 Å². The number of carbonyl (C=O) groups excluding carboxylic acids is 2. The lowest BCUT2D eigenvalue weighted by Gasteiger charge is -2.44. The lowest BCUT2D eigenvalue weighted by atomic mass is 9.88. The molecule has 2 aromatic carbocycles. The Kier molecular flexibility index (Phi) is 5.18. The highest BCUT2D eigenvalue weighted by Gasteiger charge is 2.43. The SMILES string of the molecule is CCOc1cc2c(cc1OCC)[C@@H]1CC(=O)N(c3ccccc3C)C(=O)N1CC2. The van der Waals surface area contributed by atoms with Gasteiger partial charge in [-0.05, 0) is 62.1 Å². The molecule has 0 N–H and O–H groups in total. The van der Waals surface area contributed by atoms with E-state index in [-0.39, 0.29) is 24.4 Å². The van der Waals surface area contributed by atoms with E-state index >= 15 is 0 Å². The Balaban J connectivity index is 1.71. The summed E-state index contributed by atoms with van der Waals surface area (Å²) in [6.45, 7) is 7.43. The van der Waals surface area contributed by atoms with Crippen molar-refractivity contribution in [2.45, 2.75) is 39.7 Å². The fourth-order valence-electron chi connectivity index (χ4n) is 4.24. The number of para-hydroxylation sites is 1. The molecule has 0 saturated carbocycles. The van der Waals surface area contributed by atoms with Gasteiger partial charge in [0, 0.05) is 6.54 Å². The lowest BCUT2D eigenvalue weighted by Crippen LogP contribution is -2.55. The van der Waals surface area contributed by atoms with Crippen molar-refractivity contribution < 1.29 is 19.1 Å². The van der Waals surface area contributed by atoms with Crippen LogP contribution < -0.4 is 14.4 Å². The van der Waals surface area contributed by atoms with Gasteiger partial charge < -0.3 is 14.4 Å². The standard InChI is InChI=1S/C23H26N2O4/c1-4-28-20-12-16-10-11-24-19(17(16)13-21(20)29-5-2)14-22(26)25(23(24)27)18-9-7-6-8-15(18)3/h6-9,12-13,19H,4-5,10-11,14H2,1-3H3/t19-/m0/s1. The van der Waals surface area contributed by atoms with Gasteiger partial charge in [-0.1, -0.05) is 18.2 Å². The highest BCUT2D eigenvalue weighted by atomic mass is 16.5. The van der Waals surface area contributed by atoms with Crippen LogP contribution >= 0.6 is 0 Å². The first-order valence-electron chi connectivity index (χ1n) is 10.2. The second-order valence-electron chi connectivity index (χ2n) is 7.33. The Morgan fingerprint density at radius 1 is 1.03 bits per heavy atom. The van der Waals surface area contributed by atoms with Crippen molar-refractivity contribution in [1.82, 2.24) is 4.90 Å². The number of ether oxygens (including phenoxy) is 2.